The van der Waals surface area contributed by atoms with Gasteiger partial charge in [-0.05, 0) is 6.07 Å². The van der Waals surface area contributed by atoms with Gasteiger partial charge in [0, 0.05) is 17.5 Å². The molecule has 2 heterocycles. The van der Waals surface area contributed by atoms with E-state index < -0.39 is 45.7 Å². The highest BCUT2D eigenvalue weighted by Crippen LogP contribution is 2.38. The highest BCUT2D eigenvalue weighted by Gasteiger charge is 2.21. The van der Waals surface area contributed by atoms with Gasteiger partial charge in [-0.15, -0.1) is 10.2 Å². The van der Waals surface area contributed by atoms with E-state index in [4.69, 9.17) is 0 Å². The zero-order chi connectivity index (χ0) is 18.3. The van der Waals surface area contributed by atoms with Crippen molar-refractivity contribution in [3.8, 4) is 5.88 Å². The number of pyridine rings is 1. The van der Waals surface area contributed by atoms with Crippen LogP contribution in [0.25, 0.3) is 10.9 Å². The second-order valence-electron chi connectivity index (χ2n) is 4.68. The van der Waals surface area contributed by atoms with Gasteiger partial charge in [-0.25, -0.2) is 0 Å². The number of H-pyrrole nitrogens is 1. The molecule has 0 radical (unpaired) electrons. The Morgan fingerprint density at radius 1 is 1.08 bits per heavy atom. The molecular formula is C13H5F4N5O3. The first kappa shape index (κ1) is 16.3. The molecule has 0 saturated carbocycles. The third kappa shape index (κ3) is 2.73. The molecule has 25 heavy (non-hydrogen) atoms. The first-order chi connectivity index (χ1) is 11.8. The van der Waals surface area contributed by atoms with Crippen LogP contribution in [0.1, 0.15) is 0 Å². The Balaban J connectivity index is 2.15. The summed E-state index contributed by atoms with van der Waals surface area (Å²) in [5.41, 5.74) is -1.94. The van der Waals surface area contributed by atoms with Crippen LogP contribution in [0.5, 0.6) is 5.88 Å². The standard InChI is InChI=1S/C13H5F4N5O3/c14-7-10(8(15)12(17)19-11(7)16)21-20-9-5-3-4(22(24)25)1-2-6(5)18-13(9)23/h1-3,18,23H. The molecule has 0 aliphatic carbocycles. The van der Waals surface area contributed by atoms with Crippen molar-refractivity contribution in [2.24, 2.45) is 10.2 Å². The third-order valence-corrected chi connectivity index (χ3v) is 3.17. The maximum absolute atomic E-state index is 13.5. The fourth-order valence-corrected chi connectivity index (χ4v) is 2.03. The van der Waals surface area contributed by atoms with Gasteiger partial charge in [0.05, 0.1) is 10.4 Å². The number of hydrogen-bond acceptors (Lipinski definition) is 6. The zero-order valence-electron chi connectivity index (χ0n) is 11.8. The number of fused-ring (bicyclic) bond motifs is 1. The van der Waals surface area contributed by atoms with Crippen LogP contribution in [-0.2, 0) is 0 Å². The molecule has 128 valence electrons. The van der Waals surface area contributed by atoms with Crippen LogP contribution in [0.15, 0.2) is 28.4 Å². The van der Waals surface area contributed by atoms with Crippen molar-refractivity contribution in [1.29, 1.82) is 0 Å². The normalized spacial score (nSPS) is 11.5. The molecule has 0 spiro atoms. The van der Waals surface area contributed by atoms with Crippen LogP contribution in [0.3, 0.4) is 0 Å². The van der Waals surface area contributed by atoms with Crippen LogP contribution in [0.4, 0.5) is 34.6 Å². The van der Waals surface area contributed by atoms with Gasteiger partial charge in [-0.1, -0.05) is 0 Å². The largest absolute Gasteiger partial charge is 0.493 e. The minimum Gasteiger partial charge on any atom is -0.493 e. The number of hydrogen-bond donors (Lipinski definition) is 2. The van der Waals surface area contributed by atoms with Gasteiger partial charge in [-0.3, -0.25) is 10.1 Å². The average Bonchev–Trinajstić information content (AvgIpc) is 2.87. The fourth-order valence-electron chi connectivity index (χ4n) is 2.03. The molecule has 3 aromatic rings. The molecule has 3 rings (SSSR count). The lowest BCUT2D eigenvalue weighted by Crippen LogP contribution is -1.98. The molecule has 0 unspecified atom stereocenters. The molecule has 2 N–H and O–H groups in total. The number of benzene rings is 1. The molecule has 0 atom stereocenters. The van der Waals surface area contributed by atoms with Crippen LogP contribution < -0.4 is 0 Å². The molecule has 0 fully saturated rings. The van der Waals surface area contributed by atoms with Crippen LogP contribution >= 0.6 is 0 Å². The molecule has 0 aliphatic rings. The van der Waals surface area contributed by atoms with E-state index in [-0.39, 0.29) is 16.6 Å². The van der Waals surface area contributed by atoms with E-state index in [9.17, 15) is 32.8 Å². The summed E-state index contributed by atoms with van der Waals surface area (Å²) in [6.07, 6.45) is 0. The van der Waals surface area contributed by atoms with Crippen molar-refractivity contribution in [2.75, 3.05) is 0 Å². The summed E-state index contributed by atoms with van der Waals surface area (Å²) >= 11 is 0. The first-order valence-corrected chi connectivity index (χ1v) is 6.40. The van der Waals surface area contributed by atoms with Crippen molar-refractivity contribution in [3.63, 3.8) is 0 Å². The second kappa shape index (κ2) is 5.81. The lowest BCUT2D eigenvalue weighted by molar-refractivity contribution is -0.384. The summed E-state index contributed by atoms with van der Waals surface area (Å²) in [6.45, 7) is 0. The quantitative estimate of drug-likeness (QED) is 0.241. The van der Waals surface area contributed by atoms with E-state index in [1.165, 1.54) is 6.07 Å². The van der Waals surface area contributed by atoms with E-state index in [1.54, 1.807) is 0 Å². The number of aromatic amines is 1. The molecule has 0 amide bonds. The highest BCUT2D eigenvalue weighted by molar-refractivity contribution is 5.95. The van der Waals surface area contributed by atoms with Crippen LogP contribution in [0.2, 0.25) is 0 Å². The van der Waals surface area contributed by atoms with E-state index >= 15 is 0 Å². The molecule has 0 bridgehead atoms. The number of non-ortho nitro benzene ring substituents is 1. The monoisotopic (exact) mass is 355 g/mol. The number of nitro groups is 1. The summed E-state index contributed by atoms with van der Waals surface area (Å²) in [5.74, 6) is -8.23. The minimum atomic E-state index is -1.92. The van der Waals surface area contributed by atoms with Crippen LogP contribution in [0, 0.1) is 33.6 Å². The van der Waals surface area contributed by atoms with Gasteiger partial charge >= 0.3 is 0 Å². The van der Waals surface area contributed by atoms with Gasteiger partial charge in [0.2, 0.25) is 17.5 Å². The van der Waals surface area contributed by atoms with E-state index in [0.717, 1.165) is 12.1 Å². The third-order valence-electron chi connectivity index (χ3n) is 3.17. The number of nitrogens with zero attached hydrogens (tertiary/aromatic N) is 4. The van der Waals surface area contributed by atoms with Crippen molar-refractivity contribution in [3.05, 3.63) is 51.8 Å². The number of aromatic nitrogens is 2. The molecule has 2 aromatic heterocycles. The predicted octanol–water partition coefficient (Wildman–Crippen LogP) is 4.15. The second-order valence-corrected chi connectivity index (χ2v) is 4.68. The maximum Gasteiger partial charge on any atom is 0.270 e. The maximum atomic E-state index is 13.5. The number of nitrogens with one attached hydrogen (secondary N) is 1. The van der Waals surface area contributed by atoms with E-state index in [1.807, 2.05) is 0 Å². The number of rotatable bonds is 3. The highest BCUT2D eigenvalue weighted by atomic mass is 19.2. The lowest BCUT2D eigenvalue weighted by Gasteiger charge is -1.99. The summed E-state index contributed by atoms with van der Waals surface area (Å²) < 4.78 is 53.1. The Hall–Kier alpha value is -3.57. The summed E-state index contributed by atoms with van der Waals surface area (Å²) in [5, 5.41) is 27.0. The summed E-state index contributed by atoms with van der Waals surface area (Å²) in [4.78, 5) is 14.9. The van der Waals surface area contributed by atoms with Gasteiger partial charge in [0.25, 0.3) is 17.6 Å². The zero-order valence-corrected chi connectivity index (χ0v) is 11.8. The van der Waals surface area contributed by atoms with Crippen LogP contribution in [-0.4, -0.2) is 20.0 Å². The van der Waals surface area contributed by atoms with Crippen molar-refractivity contribution in [2.45, 2.75) is 0 Å². The minimum absolute atomic E-state index is 0.00580. The number of nitro benzene ring substituents is 1. The van der Waals surface area contributed by atoms with Gasteiger partial charge in [0.15, 0.2) is 11.4 Å². The van der Waals surface area contributed by atoms with Gasteiger partial charge < -0.3 is 10.1 Å². The summed E-state index contributed by atoms with van der Waals surface area (Å²) in [6, 6.07) is 3.44. The molecule has 0 saturated heterocycles. The topological polar surface area (TPSA) is 117 Å². The SMILES string of the molecule is O=[N+]([O-])c1ccc2[nH]c(O)c(N=Nc3c(F)c(F)nc(F)c3F)c2c1. The lowest BCUT2D eigenvalue weighted by atomic mass is 10.2. The Bertz CT molecular complexity index is 1020. The Kier molecular flexibility index (Phi) is 3.79. The molecule has 8 nitrogen and oxygen atoms in total. The van der Waals surface area contributed by atoms with Gasteiger partial charge in [0.1, 0.15) is 0 Å². The Morgan fingerprint density at radius 3 is 2.28 bits per heavy atom. The fraction of sp³-hybridized carbons (Fsp3) is 0. The predicted molar refractivity (Wildman–Crippen MR) is 74.9 cm³/mol. The van der Waals surface area contributed by atoms with Crippen molar-refractivity contribution in [1.82, 2.24) is 9.97 Å². The first-order valence-electron chi connectivity index (χ1n) is 6.40. The number of azo groups is 1. The van der Waals surface area contributed by atoms with E-state index in [0.29, 0.717) is 0 Å². The van der Waals surface area contributed by atoms with Crippen molar-refractivity contribution < 1.29 is 27.6 Å². The summed E-state index contributed by atoms with van der Waals surface area (Å²) in [7, 11) is 0. The smallest absolute Gasteiger partial charge is 0.270 e. The number of aromatic hydroxyl groups is 1. The number of halogens is 4. The van der Waals surface area contributed by atoms with E-state index in [2.05, 4.69) is 20.2 Å². The van der Waals surface area contributed by atoms with Crippen molar-refractivity contribution >= 4 is 28.0 Å². The molecule has 1 aromatic carbocycles. The van der Waals surface area contributed by atoms with Gasteiger partial charge in [-0.2, -0.15) is 22.5 Å². The average molecular weight is 355 g/mol. The molecule has 12 heteroatoms. The molecule has 0 aliphatic heterocycles. The Labute approximate surface area is 134 Å². The Morgan fingerprint density at radius 2 is 1.68 bits per heavy atom. The molecular weight excluding hydrogens is 350 g/mol.